The molecule has 4 atom stereocenters. The van der Waals surface area contributed by atoms with Crippen molar-refractivity contribution in [3.63, 3.8) is 0 Å². The number of rotatable bonds is 1. The second-order valence-corrected chi connectivity index (χ2v) is 7.53. The van der Waals surface area contributed by atoms with E-state index in [-0.39, 0.29) is 35.5 Å². The molecule has 3 nitrogen and oxygen atoms in total. The van der Waals surface area contributed by atoms with Crippen molar-refractivity contribution in [3.8, 4) is 0 Å². The summed E-state index contributed by atoms with van der Waals surface area (Å²) in [6.07, 6.45) is 6.40. The molecule has 2 amide bonds. The molecule has 1 aliphatic heterocycles. The lowest BCUT2D eigenvalue weighted by molar-refractivity contribution is -0.124. The van der Waals surface area contributed by atoms with E-state index in [1.54, 1.807) is 0 Å². The summed E-state index contributed by atoms with van der Waals surface area (Å²) in [5.74, 6) is 0.276. The molecule has 2 fully saturated rings. The molecule has 5 rings (SSSR count). The third kappa shape index (κ3) is 1.84. The van der Waals surface area contributed by atoms with E-state index in [0.717, 1.165) is 27.7 Å². The number of anilines is 1. The number of fused-ring (bicyclic) bond motifs is 1. The van der Waals surface area contributed by atoms with Crippen LogP contribution in [0.3, 0.4) is 0 Å². The third-order valence-corrected chi connectivity index (χ3v) is 5.83. The molecule has 4 heteroatoms. The molecule has 0 aromatic heterocycles. The first-order chi connectivity index (χ1) is 10.1. The summed E-state index contributed by atoms with van der Waals surface area (Å²) in [6.45, 7) is 1.97. The molecule has 21 heavy (non-hydrogen) atoms. The topological polar surface area (TPSA) is 37.4 Å². The fourth-order valence-corrected chi connectivity index (χ4v) is 4.83. The van der Waals surface area contributed by atoms with Crippen molar-refractivity contribution in [2.75, 3.05) is 4.90 Å². The molecule has 4 aliphatic rings. The van der Waals surface area contributed by atoms with Crippen molar-refractivity contribution in [3.05, 3.63) is 39.5 Å². The third-order valence-electron chi connectivity index (χ3n) is 5.16. The van der Waals surface area contributed by atoms with Gasteiger partial charge in [0.05, 0.1) is 17.5 Å². The predicted octanol–water partition coefficient (Wildman–Crippen LogP) is 3.30. The van der Waals surface area contributed by atoms with Crippen molar-refractivity contribution in [1.29, 1.82) is 0 Å². The molecule has 1 aromatic carbocycles. The van der Waals surface area contributed by atoms with Gasteiger partial charge in [-0.25, -0.2) is 4.90 Å². The smallest absolute Gasteiger partial charge is 0.238 e. The van der Waals surface area contributed by atoms with Crippen LogP contribution in [0.25, 0.3) is 0 Å². The highest BCUT2D eigenvalue weighted by atomic mass is 127. The van der Waals surface area contributed by atoms with Crippen molar-refractivity contribution in [2.24, 2.45) is 23.7 Å². The summed E-state index contributed by atoms with van der Waals surface area (Å²) in [5.41, 5.74) is 1.75. The maximum atomic E-state index is 12.8. The Morgan fingerprint density at radius 2 is 1.62 bits per heavy atom. The van der Waals surface area contributed by atoms with Crippen LogP contribution in [0.15, 0.2) is 30.4 Å². The van der Waals surface area contributed by atoms with Crippen LogP contribution in [0.1, 0.15) is 18.4 Å². The molecule has 108 valence electrons. The Morgan fingerprint density at radius 3 is 2.10 bits per heavy atom. The van der Waals surface area contributed by atoms with Crippen LogP contribution in [0.4, 0.5) is 5.69 Å². The summed E-state index contributed by atoms with van der Waals surface area (Å²) in [4.78, 5) is 27.2. The van der Waals surface area contributed by atoms with Gasteiger partial charge in [-0.05, 0) is 78.0 Å². The minimum Gasteiger partial charge on any atom is -0.274 e. The van der Waals surface area contributed by atoms with E-state index in [0.29, 0.717) is 0 Å². The lowest BCUT2D eigenvalue weighted by Gasteiger charge is -2.38. The van der Waals surface area contributed by atoms with Gasteiger partial charge in [0.15, 0.2) is 0 Å². The van der Waals surface area contributed by atoms with Gasteiger partial charge in [0.2, 0.25) is 11.8 Å². The van der Waals surface area contributed by atoms with Crippen LogP contribution in [-0.4, -0.2) is 11.8 Å². The van der Waals surface area contributed by atoms with Crippen LogP contribution in [-0.2, 0) is 9.59 Å². The number of carbonyl (C=O) groups is 2. The zero-order valence-electron chi connectivity index (χ0n) is 11.8. The molecular weight excluding hydrogens is 377 g/mol. The minimum absolute atomic E-state index is 0.00774. The minimum atomic E-state index is -0.125. The molecular formula is C17H16INO2. The number of nitrogens with zero attached hydrogens (tertiary/aromatic N) is 1. The average molecular weight is 393 g/mol. The van der Waals surface area contributed by atoms with Crippen LogP contribution in [0.2, 0.25) is 0 Å². The molecule has 0 radical (unpaired) electrons. The Labute approximate surface area is 137 Å². The highest BCUT2D eigenvalue weighted by Gasteiger charge is 2.56. The molecule has 0 unspecified atom stereocenters. The molecule has 1 heterocycles. The number of carbonyl (C=O) groups excluding carboxylic acids is 2. The summed E-state index contributed by atoms with van der Waals surface area (Å²) in [6, 6.07) is 5.88. The maximum Gasteiger partial charge on any atom is 0.238 e. The van der Waals surface area contributed by atoms with E-state index in [1.165, 1.54) is 4.90 Å². The van der Waals surface area contributed by atoms with Crippen molar-refractivity contribution < 1.29 is 9.59 Å². The molecule has 1 aromatic rings. The van der Waals surface area contributed by atoms with Crippen molar-refractivity contribution in [1.82, 2.24) is 0 Å². The Kier molecular flexibility index (Phi) is 3.00. The van der Waals surface area contributed by atoms with E-state index >= 15 is 0 Å². The number of hydrogen-bond acceptors (Lipinski definition) is 2. The monoisotopic (exact) mass is 393 g/mol. The molecule has 0 spiro atoms. The lowest BCUT2D eigenvalue weighted by atomic mass is 9.63. The van der Waals surface area contributed by atoms with Gasteiger partial charge in [-0.1, -0.05) is 12.2 Å². The quantitative estimate of drug-likeness (QED) is 0.417. The van der Waals surface area contributed by atoms with Gasteiger partial charge in [-0.3, -0.25) is 9.59 Å². The molecule has 1 saturated carbocycles. The van der Waals surface area contributed by atoms with E-state index in [1.807, 2.05) is 25.1 Å². The summed E-state index contributed by atoms with van der Waals surface area (Å²) in [7, 11) is 0. The Bertz CT molecular complexity index is 649. The highest BCUT2D eigenvalue weighted by Crippen LogP contribution is 2.50. The van der Waals surface area contributed by atoms with Gasteiger partial charge in [0, 0.05) is 3.57 Å². The second kappa shape index (κ2) is 4.66. The number of halogens is 1. The van der Waals surface area contributed by atoms with E-state index in [2.05, 4.69) is 34.7 Å². The first-order valence-electron chi connectivity index (χ1n) is 7.40. The number of benzene rings is 1. The maximum absolute atomic E-state index is 12.8. The second-order valence-electron chi connectivity index (χ2n) is 6.28. The van der Waals surface area contributed by atoms with E-state index in [4.69, 9.17) is 0 Å². The highest BCUT2D eigenvalue weighted by molar-refractivity contribution is 14.1. The van der Waals surface area contributed by atoms with E-state index in [9.17, 15) is 9.59 Å². The number of aryl methyl sites for hydroxylation is 1. The van der Waals surface area contributed by atoms with Crippen LogP contribution in [0, 0.1) is 34.2 Å². The molecule has 1 saturated heterocycles. The largest absolute Gasteiger partial charge is 0.274 e. The van der Waals surface area contributed by atoms with Gasteiger partial charge in [-0.2, -0.15) is 0 Å². The first-order valence-corrected chi connectivity index (χ1v) is 8.48. The van der Waals surface area contributed by atoms with Crippen LogP contribution < -0.4 is 4.90 Å². The zero-order chi connectivity index (χ0) is 14.7. The van der Waals surface area contributed by atoms with Crippen molar-refractivity contribution >= 4 is 40.1 Å². The number of hydrogen-bond donors (Lipinski definition) is 0. The molecule has 2 bridgehead atoms. The SMILES string of the molecule is Cc1cc(I)ccc1N1C(=O)[C@H]2[C@H](C1=O)[C@@H]1C=C[C@@H]2CC1. The van der Waals surface area contributed by atoms with Crippen LogP contribution >= 0.6 is 22.6 Å². The van der Waals surface area contributed by atoms with Gasteiger partial charge in [0.1, 0.15) is 0 Å². The fourth-order valence-electron chi connectivity index (χ4n) is 4.18. The molecule has 3 aliphatic carbocycles. The van der Waals surface area contributed by atoms with Gasteiger partial charge < -0.3 is 0 Å². The fraction of sp³-hybridized carbons (Fsp3) is 0.412. The lowest BCUT2D eigenvalue weighted by Crippen LogP contribution is -2.38. The van der Waals surface area contributed by atoms with Gasteiger partial charge in [0.25, 0.3) is 0 Å². The Hall–Kier alpha value is -1.17. The number of allylic oxidation sites excluding steroid dienone is 2. The van der Waals surface area contributed by atoms with Gasteiger partial charge >= 0.3 is 0 Å². The molecule has 0 N–H and O–H groups in total. The summed E-state index contributed by atoms with van der Waals surface area (Å²) in [5, 5.41) is 0. The number of imide groups is 1. The Morgan fingerprint density at radius 1 is 1.05 bits per heavy atom. The van der Waals surface area contributed by atoms with Crippen molar-refractivity contribution in [2.45, 2.75) is 19.8 Å². The number of amides is 2. The predicted molar refractivity (Wildman–Crippen MR) is 88.7 cm³/mol. The first kappa shape index (κ1) is 13.5. The standard InChI is InChI=1S/C17H16INO2/c1-9-8-12(18)6-7-13(9)19-16(20)14-10-2-3-11(5-4-10)15(14)17(19)21/h2-3,6-8,10-11,14-15H,4-5H2,1H3/t10-,11-,14-,15-/m1/s1. The van der Waals surface area contributed by atoms with Gasteiger partial charge in [-0.15, -0.1) is 0 Å². The summed E-state index contributed by atoms with van der Waals surface area (Å²) >= 11 is 2.25. The Balaban J connectivity index is 1.78. The normalized spacial score (nSPS) is 33.7. The van der Waals surface area contributed by atoms with E-state index < -0.39 is 0 Å². The zero-order valence-corrected chi connectivity index (χ0v) is 13.9. The van der Waals surface area contributed by atoms with Crippen LogP contribution in [0.5, 0.6) is 0 Å². The summed E-state index contributed by atoms with van der Waals surface area (Å²) < 4.78 is 1.12. The average Bonchev–Trinajstić information content (AvgIpc) is 2.75.